The summed E-state index contributed by atoms with van der Waals surface area (Å²) in [5, 5.41) is 7.76. The van der Waals surface area contributed by atoms with Crippen molar-refractivity contribution in [3.05, 3.63) is 148 Å². The van der Waals surface area contributed by atoms with Crippen molar-refractivity contribution < 1.29 is 30.7 Å². The highest BCUT2D eigenvalue weighted by molar-refractivity contribution is 8.13. The summed E-state index contributed by atoms with van der Waals surface area (Å²) in [6, 6.07) is 26.2. The van der Waals surface area contributed by atoms with Crippen molar-refractivity contribution in [2.75, 3.05) is 4.72 Å². The molecule has 0 radical (unpaired) electrons. The summed E-state index contributed by atoms with van der Waals surface area (Å²) < 4.78 is 86.7. The number of nitrogens with zero attached hydrogens (tertiary/aromatic N) is 3. The first kappa shape index (κ1) is 39.2. The van der Waals surface area contributed by atoms with Gasteiger partial charge in [0.15, 0.2) is 11.0 Å². The normalized spacial score (nSPS) is 12.7. The molecule has 0 aliphatic rings. The van der Waals surface area contributed by atoms with E-state index in [9.17, 15) is 21.6 Å². The summed E-state index contributed by atoms with van der Waals surface area (Å²) in [4.78, 5) is 13.1. The molecule has 6 N–H and O–H groups in total. The average molecular weight is 776 g/mol. The van der Waals surface area contributed by atoms with E-state index in [2.05, 4.69) is 24.4 Å². The number of alkyl halides is 3. The first-order valence-electron chi connectivity index (χ1n) is 15.9. The lowest BCUT2D eigenvalue weighted by Crippen LogP contribution is -2.17. The summed E-state index contributed by atoms with van der Waals surface area (Å²) in [6.45, 7) is 3.90. The quantitative estimate of drug-likeness (QED) is 0.0596. The van der Waals surface area contributed by atoms with Crippen LogP contribution in [0.3, 0.4) is 0 Å². The van der Waals surface area contributed by atoms with Gasteiger partial charge in [-0.25, -0.2) is 27.8 Å². The van der Waals surface area contributed by atoms with Crippen LogP contribution in [0.2, 0.25) is 0 Å². The van der Waals surface area contributed by atoms with Gasteiger partial charge in [-0.2, -0.15) is 0 Å². The van der Waals surface area contributed by atoms with Gasteiger partial charge in [0.1, 0.15) is 17.4 Å². The topological polar surface area (TPSA) is 168 Å². The molecule has 0 saturated carbocycles. The number of nitrogens with two attached hydrogens (primary N) is 2. The number of aryl methyl sites for hydroxylation is 2. The number of benzene rings is 5. The van der Waals surface area contributed by atoms with Crippen molar-refractivity contribution in [3.8, 4) is 5.75 Å². The van der Waals surface area contributed by atoms with Gasteiger partial charge in [-0.3, -0.25) is 4.72 Å². The number of nitrogens with one attached hydrogen (secondary N) is 2. The molecule has 0 saturated heterocycles. The SMILES string of the molecule is Cc1cccc(C)c1N=C(N)SCc1ccc(S(=O)(=O)Nc2ccc(F)c(C(N=C(N)c3ccc(C=N)cc3)=Nc3ccc(OC(F)(F)F)cc3)c2)cc1. The van der Waals surface area contributed by atoms with Gasteiger partial charge in [-0.1, -0.05) is 66.4 Å². The predicted octanol–water partition coefficient (Wildman–Crippen LogP) is 8.50. The van der Waals surface area contributed by atoms with E-state index >= 15 is 4.39 Å². The number of rotatable bonds is 11. The highest BCUT2D eigenvalue weighted by atomic mass is 32.2. The maximum atomic E-state index is 15.5. The second kappa shape index (κ2) is 16.8. The molecule has 0 spiro atoms. The number of halogens is 4. The number of anilines is 1. The van der Waals surface area contributed by atoms with Crippen molar-refractivity contribution in [2.24, 2.45) is 26.4 Å². The van der Waals surface area contributed by atoms with Gasteiger partial charge in [0, 0.05) is 23.2 Å². The van der Waals surface area contributed by atoms with E-state index < -0.39 is 28.0 Å². The molecule has 0 fully saturated rings. The Bertz CT molecular complexity index is 2330. The van der Waals surface area contributed by atoms with Crippen molar-refractivity contribution in [2.45, 2.75) is 30.9 Å². The molecule has 54 heavy (non-hydrogen) atoms. The van der Waals surface area contributed by atoms with Crippen LogP contribution < -0.4 is 20.9 Å². The molecule has 5 rings (SSSR count). The molecule has 0 aromatic heterocycles. The van der Waals surface area contributed by atoms with E-state index in [1.165, 1.54) is 48.2 Å². The Hall–Kier alpha value is -6.00. The Kier molecular flexibility index (Phi) is 12.2. The molecule has 16 heteroatoms. The molecule has 5 aromatic rings. The minimum absolute atomic E-state index is 0.0350. The zero-order valence-corrected chi connectivity index (χ0v) is 30.4. The third kappa shape index (κ3) is 10.5. The lowest BCUT2D eigenvalue weighted by Gasteiger charge is -2.12. The third-order valence-corrected chi connectivity index (χ3v) is 9.91. The molecular formula is C38H33F4N7O3S2. The fourth-order valence-electron chi connectivity index (χ4n) is 4.94. The number of para-hydroxylation sites is 1. The zero-order chi connectivity index (χ0) is 39.0. The van der Waals surface area contributed by atoms with E-state index in [0.29, 0.717) is 22.0 Å². The minimum Gasteiger partial charge on any atom is -0.406 e. The van der Waals surface area contributed by atoms with Crippen LogP contribution >= 0.6 is 11.8 Å². The largest absolute Gasteiger partial charge is 0.573 e. The second-order valence-corrected chi connectivity index (χ2v) is 14.3. The van der Waals surface area contributed by atoms with Crippen LogP contribution in [0, 0.1) is 25.1 Å². The zero-order valence-electron chi connectivity index (χ0n) is 28.7. The molecule has 5 aromatic carbocycles. The van der Waals surface area contributed by atoms with Crippen molar-refractivity contribution in [1.82, 2.24) is 0 Å². The molecule has 10 nitrogen and oxygen atoms in total. The molecule has 0 atom stereocenters. The van der Waals surface area contributed by atoms with E-state index in [-0.39, 0.29) is 33.5 Å². The lowest BCUT2D eigenvalue weighted by atomic mass is 10.1. The van der Waals surface area contributed by atoms with Crippen LogP contribution in [0.5, 0.6) is 5.75 Å². The van der Waals surface area contributed by atoms with Gasteiger partial charge < -0.3 is 21.6 Å². The van der Waals surface area contributed by atoms with E-state index in [4.69, 9.17) is 16.9 Å². The molecule has 0 amide bonds. The number of ether oxygens (including phenoxy) is 1. The first-order valence-corrected chi connectivity index (χ1v) is 18.4. The Morgan fingerprint density at radius 2 is 1.54 bits per heavy atom. The average Bonchev–Trinajstić information content (AvgIpc) is 3.13. The van der Waals surface area contributed by atoms with Crippen LogP contribution in [-0.4, -0.2) is 37.8 Å². The Morgan fingerprint density at radius 3 is 2.15 bits per heavy atom. The number of amidine groups is 3. The second-order valence-electron chi connectivity index (χ2n) is 11.7. The molecular weight excluding hydrogens is 743 g/mol. The van der Waals surface area contributed by atoms with Crippen molar-refractivity contribution >= 4 is 61.9 Å². The molecule has 0 aliphatic heterocycles. The smallest absolute Gasteiger partial charge is 0.406 e. The van der Waals surface area contributed by atoms with Crippen LogP contribution in [0.1, 0.15) is 33.4 Å². The van der Waals surface area contributed by atoms with Crippen LogP contribution in [0.15, 0.2) is 129 Å². The van der Waals surface area contributed by atoms with Crippen molar-refractivity contribution in [1.29, 1.82) is 5.41 Å². The van der Waals surface area contributed by atoms with E-state index in [0.717, 1.165) is 46.8 Å². The van der Waals surface area contributed by atoms with Gasteiger partial charge in [0.25, 0.3) is 10.0 Å². The number of aliphatic imine (C=N–C) groups is 3. The summed E-state index contributed by atoms with van der Waals surface area (Å²) in [6.07, 6.45) is -3.78. The Balaban J connectivity index is 1.40. The van der Waals surface area contributed by atoms with Crippen molar-refractivity contribution in [3.63, 3.8) is 0 Å². The molecule has 0 aliphatic carbocycles. The van der Waals surface area contributed by atoms with Crippen LogP contribution in [-0.2, 0) is 15.8 Å². The highest BCUT2D eigenvalue weighted by Crippen LogP contribution is 2.28. The molecule has 0 unspecified atom stereocenters. The molecule has 0 heterocycles. The van der Waals surface area contributed by atoms with Gasteiger partial charge in [0.2, 0.25) is 0 Å². The van der Waals surface area contributed by atoms with Gasteiger partial charge in [-0.15, -0.1) is 13.2 Å². The van der Waals surface area contributed by atoms with Gasteiger partial charge in [-0.05, 0) is 90.7 Å². The summed E-state index contributed by atoms with van der Waals surface area (Å²) in [5.41, 5.74) is 16.8. The van der Waals surface area contributed by atoms with E-state index in [1.807, 2.05) is 32.0 Å². The molecule has 0 bridgehead atoms. The minimum atomic E-state index is -4.91. The highest BCUT2D eigenvalue weighted by Gasteiger charge is 2.31. The fraction of sp³-hybridized carbons (Fsp3) is 0.105. The number of hydrogen-bond donors (Lipinski definition) is 4. The maximum Gasteiger partial charge on any atom is 0.573 e. The summed E-state index contributed by atoms with van der Waals surface area (Å²) in [7, 11) is -4.17. The first-order chi connectivity index (χ1) is 25.6. The third-order valence-electron chi connectivity index (χ3n) is 7.65. The van der Waals surface area contributed by atoms with E-state index in [1.54, 1.807) is 36.4 Å². The van der Waals surface area contributed by atoms with Gasteiger partial charge >= 0.3 is 6.36 Å². The predicted molar refractivity (Wildman–Crippen MR) is 207 cm³/mol. The molecule has 278 valence electrons. The summed E-state index contributed by atoms with van der Waals surface area (Å²) in [5.74, 6) is -1.32. The fourth-order valence-corrected chi connectivity index (χ4v) is 6.65. The lowest BCUT2D eigenvalue weighted by molar-refractivity contribution is -0.274. The maximum absolute atomic E-state index is 15.5. The van der Waals surface area contributed by atoms with Crippen LogP contribution in [0.25, 0.3) is 0 Å². The Labute approximate surface area is 313 Å². The Morgan fingerprint density at radius 1 is 0.889 bits per heavy atom. The number of hydrogen-bond acceptors (Lipinski definition) is 7. The monoisotopic (exact) mass is 775 g/mol. The summed E-state index contributed by atoms with van der Waals surface area (Å²) >= 11 is 1.31. The van der Waals surface area contributed by atoms with Crippen LogP contribution in [0.4, 0.5) is 34.6 Å². The number of sulfonamides is 1. The standard InChI is InChI=1S/C38H33F4N7O3S2/c1-23-4-3-5-24(2)34(23)47-37(45)53-22-26-8-17-31(18-9-26)54(50,51)49-29-14-19-33(39)32(20-29)36(48-35(44)27-10-6-25(21-43)7-11-27)46-28-12-15-30(16-13-28)52-38(40,41)42/h3-21,43,49H,22H2,1-2H3,(H2,45,47)(H2,44,46,48). The number of thioether (sulfide) groups is 1. The van der Waals surface area contributed by atoms with Gasteiger partial charge in [0.05, 0.1) is 21.8 Å².